The number of halogens is 3. The monoisotopic (exact) mass is 241 g/mol. The largest absolute Gasteiger partial charge is 0.416 e. The van der Waals surface area contributed by atoms with E-state index >= 15 is 0 Å². The fraction of sp³-hybridized carbons (Fsp3) is 0.538. The highest BCUT2D eigenvalue weighted by Crippen LogP contribution is 2.52. The quantitative estimate of drug-likeness (QED) is 0.795. The van der Waals surface area contributed by atoms with Crippen molar-refractivity contribution in [1.82, 2.24) is 5.32 Å². The standard InChI is InChI=1S/C13H14F3N/c14-13(15,16)11-4-2-1-3-10(11)12-7-9(8-12)5-6-17-12/h1-4,9,17H,5-8H2. The van der Waals surface area contributed by atoms with Gasteiger partial charge >= 0.3 is 6.18 Å². The van der Waals surface area contributed by atoms with Crippen LogP contribution in [0.2, 0.25) is 0 Å². The van der Waals surface area contributed by atoms with Crippen molar-refractivity contribution in [2.24, 2.45) is 5.92 Å². The van der Waals surface area contributed by atoms with Gasteiger partial charge in [0.05, 0.1) is 5.56 Å². The van der Waals surface area contributed by atoms with Crippen LogP contribution in [0, 0.1) is 5.92 Å². The number of hydrogen-bond donors (Lipinski definition) is 1. The lowest BCUT2D eigenvalue weighted by atomic mass is 9.60. The molecule has 1 saturated carbocycles. The van der Waals surface area contributed by atoms with Gasteiger partial charge in [-0.2, -0.15) is 13.2 Å². The molecule has 92 valence electrons. The zero-order valence-electron chi connectivity index (χ0n) is 9.35. The molecular weight excluding hydrogens is 227 g/mol. The summed E-state index contributed by atoms with van der Waals surface area (Å²) in [5.74, 6) is 0.609. The molecule has 2 aliphatic heterocycles. The molecular formula is C13H14F3N. The van der Waals surface area contributed by atoms with Gasteiger partial charge in [-0.3, -0.25) is 0 Å². The fourth-order valence-corrected chi connectivity index (χ4v) is 3.25. The first-order valence-corrected chi connectivity index (χ1v) is 5.93. The molecule has 4 rings (SSSR count). The maximum atomic E-state index is 13.0. The van der Waals surface area contributed by atoms with E-state index in [1.54, 1.807) is 12.1 Å². The minimum Gasteiger partial charge on any atom is -0.307 e. The fourth-order valence-electron chi connectivity index (χ4n) is 3.25. The van der Waals surface area contributed by atoms with Gasteiger partial charge in [0, 0.05) is 5.54 Å². The summed E-state index contributed by atoms with van der Waals surface area (Å²) in [6.07, 6.45) is -1.47. The van der Waals surface area contributed by atoms with Crippen LogP contribution in [0.3, 0.4) is 0 Å². The zero-order chi connectivity index (χ0) is 12.1. The highest BCUT2D eigenvalue weighted by Gasteiger charge is 2.51. The number of hydrogen-bond acceptors (Lipinski definition) is 1. The molecule has 3 aliphatic rings. The first kappa shape index (κ1) is 11.1. The van der Waals surface area contributed by atoms with Crippen LogP contribution in [0.15, 0.2) is 24.3 Å². The number of rotatable bonds is 1. The molecule has 0 amide bonds. The van der Waals surface area contributed by atoms with Gasteiger partial charge in [0.15, 0.2) is 0 Å². The summed E-state index contributed by atoms with van der Waals surface area (Å²) in [4.78, 5) is 0. The maximum Gasteiger partial charge on any atom is 0.416 e. The number of piperidine rings is 2. The molecule has 0 unspecified atom stereocenters. The second-order valence-electron chi connectivity index (χ2n) is 5.12. The molecule has 1 nitrogen and oxygen atoms in total. The van der Waals surface area contributed by atoms with Gasteiger partial charge in [-0.15, -0.1) is 0 Å². The Bertz CT molecular complexity index is 427. The Kier molecular flexibility index (Phi) is 2.27. The summed E-state index contributed by atoms with van der Waals surface area (Å²) in [5.41, 5.74) is -0.453. The maximum absolute atomic E-state index is 13.0. The molecule has 1 N–H and O–H groups in total. The van der Waals surface area contributed by atoms with Crippen LogP contribution >= 0.6 is 0 Å². The molecule has 0 radical (unpaired) electrons. The number of fused-ring (bicyclic) bond motifs is 2. The van der Waals surface area contributed by atoms with Crippen LogP contribution in [-0.2, 0) is 11.7 Å². The normalized spacial score (nSPS) is 32.1. The van der Waals surface area contributed by atoms with Gasteiger partial charge in [-0.05, 0) is 43.4 Å². The SMILES string of the molecule is FC(F)(F)c1ccccc1C12CC(CCN1)C2. The molecule has 1 aromatic carbocycles. The van der Waals surface area contributed by atoms with Crippen molar-refractivity contribution in [3.63, 3.8) is 0 Å². The van der Waals surface area contributed by atoms with Crippen LogP contribution < -0.4 is 5.32 Å². The molecule has 3 fully saturated rings. The summed E-state index contributed by atoms with van der Waals surface area (Å²) < 4.78 is 38.9. The Hall–Kier alpha value is -1.03. The van der Waals surface area contributed by atoms with E-state index in [0.29, 0.717) is 11.5 Å². The molecule has 0 atom stereocenters. The van der Waals surface area contributed by atoms with Crippen molar-refractivity contribution >= 4 is 0 Å². The third-order valence-electron chi connectivity index (χ3n) is 4.04. The predicted octanol–water partition coefficient (Wildman–Crippen LogP) is 3.30. The van der Waals surface area contributed by atoms with E-state index in [9.17, 15) is 13.2 Å². The minimum absolute atomic E-state index is 0.408. The second kappa shape index (κ2) is 3.48. The Balaban J connectivity index is 2.03. The molecule has 1 aliphatic carbocycles. The first-order valence-electron chi connectivity index (χ1n) is 5.93. The molecule has 2 saturated heterocycles. The average molecular weight is 241 g/mol. The van der Waals surface area contributed by atoms with E-state index in [1.165, 1.54) is 12.1 Å². The van der Waals surface area contributed by atoms with Crippen LogP contribution in [-0.4, -0.2) is 6.54 Å². The predicted molar refractivity (Wildman–Crippen MR) is 58.5 cm³/mol. The summed E-state index contributed by atoms with van der Waals surface area (Å²) in [5, 5.41) is 3.29. The summed E-state index contributed by atoms with van der Waals surface area (Å²) >= 11 is 0. The zero-order valence-corrected chi connectivity index (χ0v) is 9.35. The Morgan fingerprint density at radius 3 is 2.47 bits per heavy atom. The van der Waals surface area contributed by atoms with Gasteiger partial charge in [0.2, 0.25) is 0 Å². The van der Waals surface area contributed by atoms with Crippen molar-refractivity contribution in [1.29, 1.82) is 0 Å². The summed E-state index contributed by atoms with van der Waals surface area (Å²) in [7, 11) is 0. The lowest BCUT2D eigenvalue weighted by Gasteiger charge is -2.54. The van der Waals surface area contributed by atoms with Crippen molar-refractivity contribution in [2.45, 2.75) is 31.0 Å². The van der Waals surface area contributed by atoms with Gasteiger partial charge < -0.3 is 5.32 Å². The summed E-state index contributed by atoms with van der Waals surface area (Å²) in [6.45, 7) is 0.830. The topological polar surface area (TPSA) is 12.0 Å². The van der Waals surface area contributed by atoms with Crippen LogP contribution in [0.25, 0.3) is 0 Å². The van der Waals surface area contributed by atoms with Crippen molar-refractivity contribution in [2.75, 3.05) is 6.54 Å². The van der Waals surface area contributed by atoms with E-state index in [4.69, 9.17) is 0 Å². The molecule has 4 heteroatoms. The Labute approximate surface area is 98.0 Å². The molecule has 1 aromatic rings. The minimum atomic E-state index is -4.25. The van der Waals surface area contributed by atoms with Crippen LogP contribution in [0.5, 0.6) is 0 Å². The molecule has 17 heavy (non-hydrogen) atoms. The second-order valence-corrected chi connectivity index (χ2v) is 5.12. The number of alkyl halides is 3. The van der Waals surface area contributed by atoms with Gasteiger partial charge in [-0.1, -0.05) is 18.2 Å². The molecule has 0 spiro atoms. The molecule has 2 heterocycles. The van der Waals surface area contributed by atoms with Crippen LogP contribution in [0.4, 0.5) is 13.2 Å². The van der Waals surface area contributed by atoms with Crippen molar-refractivity contribution in [3.8, 4) is 0 Å². The highest BCUT2D eigenvalue weighted by atomic mass is 19.4. The first-order chi connectivity index (χ1) is 8.01. The Morgan fingerprint density at radius 2 is 1.88 bits per heavy atom. The number of nitrogens with one attached hydrogen (secondary N) is 1. The number of benzene rings is 1. The third kappa shape index (κ3) is 1.66. The lowest BCUT2D eigenvalue weighted by Crippen LogP contribution is -2.58. The summed E-state index contributed by atoms with van der Waals surface area (Å²) in [6, 6.07) is 5.97. The van der Waals surface area contributed by atoms with E-state index in [2.05, 4.69) is 5.32 Å². The third-order valence-corrected chi connectivity index (χ3v) is 4.04. The Morgan fingerprint density at radius 1 is 1.18 bits per heavy atom. The molecule has 0 aromatic heterocycles. The van der Waals surface area contributed by atoms with Gasteiger partial charge in [0.25, 0.3) is 0 Å². The van der Waals surface area contributed by atoms with Gasteiger partial charge in [0.1, 0.15) is 0 Å². The average Bonchev–Trinajstić information content (AvgIpc) is 2.27. The van der Waals surface area contributed by atoms with Crippen LogP contribution in [0.1, 0.15) is 30.4 Å². The van der Waals surface area contributed by atoms with E-state index in [0.717, 1.165) is 25.8 Å². The van der Waals surface area contributed by atoms with E-state index < -0.39 is 17.3 Å². The highest BCUT2D eigenvalue weighted by molar-refractivity contribution is 5.38. The van der Waals surface area contributed by atoms with E-state index in [-0.39, 0.29) is 0 Å². The van der Waals surface area contributed by atoms with Gasteiger partial charge in [-0.25, -0.2) is 0 Å². The van der Waals surface area contributed by atoms with Crippen molar-refractivity contribution in [3.05, 3.63) is 35.4 Å². The smallest absolute Gasteiger partial charge is 0.307 e. The van der Waals surface area contributed by atoms with E-state index in [1.807, 2.05) is 0 Å². The van der Waals surface area contributed by atoms with Crippen molar-refractivity contribution < 1.29 is 13.2 Å². The molecule has 2 bridgehead atoms. The lowest BCUT2D eigenvalue weighted by molar-refractivity contribution is -0.140.